The van der Waals surface area contributed by atoms with E-state index in [-0.39, 0.29) is 30.0 Å². The molecule has 0 spiro atoms. The molecular formula is C27H27FN4O3. The summed E-state index contributed by atoms with van der Waals surface area (Å²) in [5, 5.41) is 2.87. The molecule has 1 N–H and O–H groups in total. The van der Waals surface area contributed by atoms with Crippen LogP contribution in [0.15, 0.2) is 48.7 Å². The third-order valence-corrected chi connectivity index (χ3v) is 6.84. The van der Waals surface area contributed by atoms with Gasteiger partial charge in [0.1, 0.15) is 17.4 Å². The first-order valence-corrected chi connectivity index (χ1v) is 11.8. The van der Waals surface area contributed by atoms with E-state index in [9.17, 15) is 14.0 Å². The highest BCUT2D eigenvalue weighted by Crippen LogP contribution is 2.38. The van der Waals surface area contributed by atoms with Crippen molar-refractivity contribution in [1.29, 1.82) is 0 Å². The van der Waals surface area contributed by atoms with Gasteiger partial charge in [0.25, 0.3) is 0 Å². The van der Waals surface area contributed by atoms with Gasteiger partial charge in [-0.1, -0.05) is 18.2 Å². The number of fused-ring (bicyclic) bond motifs is 1. The van der Waals surface area contributed by atoms with Crippen molar-refractivity contribution < 1.29 is 18.7 Å². The first-order valence-electron chi connectivity index (χ1n) is 11.8. The molecule has 8 heteroatoms. The molecule has 3 aromatic rings. The summed E-state index contributed by atoms with van der Waals surface area (Å²) in [5.74, 6) is 0.320. The van der Waals surface area contributed by atoms with Gasteiger partial charge in [-0.25, -0.2) is 14.4 Å². The van der Waals surface area contributed by atoms with Crippen LogP contribution in [0.5, 0.6) is 5.75 Å². The Kier molecular flexibility index (Phi) is 6.19. The number of carbonyl (C=O) groups excluding carboxylic acids is 2. The highest BCUT2D eigenvalue weighted by Gasteiger charge is 2.35. The predicted octanol–water partition coefficient (Wildman–Crippen LogP) is 4.43. The average Bonchev–Trinajstić information content (AvgIpc) is 3.18. The van der Waals surface area contributed by atoms with E-state index in [0.717, 1.165) is 35.2 Å². The minimum Gasteiger partial charge on any atom is -0.497 e. The maximum atomic E-state index is 13.5. The second-order valence-electron chi connectivity index (χ2n) is 9.10. The lowest BCUT2D eigenvalue weighted by Gasteiger charge is -2.34. The molecule has 0 bridgehead atoms. The van der Waals surface area contributed by atoms with Gasteiger partial charge in [-0.3, -0.25) is 9.59 Å². The molecule has 0 radical (unpaired) electrons. The molecule has 1 saturated heterocycles. The maximum absolute atomic E-state index is 13.5. The number of likely N-dealkylation sites (tertiary alicyclic amines) is 1. The highest BCUT2D eigenvalue weighted by molar-refractivity contribution is 6.05. The first kappa shape index (κ1) is 23.0. The van der Waals surface area contributed by atoms with Gasteiger partial charge >= 0.3 is 0 Å². The average molecular weight is 475 g/mol. The van der Waals surface area contributed by atoms with Crippen LogP contribution in [0.1, 0.15) is 48.2 Å². The summed E-state index contributed by atoms with van der Waals surface area (Å²) in [6.07, 6.45) is 3.62. The summed E-state index contributed by atoms with van der Waals surface area (Å²) >= 11 is 0. The molecule has 2 aromatic carbocycles. The summed E-state index contributed by atoms with van der Waals surface area (Å²) in [6, 6.07) is 11.7. The van der Waals surface area contributed by atoms with Gasteiger partial charge in [0.15, 0.2) is 0 Å². The number of carbonyl (C=O) groups is 2. The van der Waals surface area contributed by atoms with E-state index in [1.807, 2.05) is 24.0 Å². The molecule has 7 nitrogen and oxygen atoms in total. The number of halogens is 1. The quantitative estimate of drug-likeness (QED) is 0.591. The van der Waals surface area contributed by atoms with Gasteiger partial charge in [-0.2, -0.15) is 0 Å². The van der Waals surface area contributed by atoms with Gasteiger partial charge in [-0.05, 0) is 49.1 Å². The van der Waals surface area contributed by atoms with E-state index in [4.69, 9.17) is 9.72 Å². The zero-order chi connectivity index (χ0) is 24.5. The number of ether oxygens (including phenoxy) is 1. The van der Waals surface area contributed by atoms with Crippen molar-refractivity contribution in [2.24, 2.45) is 0 Å². The number of amides is 2. The second-order valence-corrected chi connectivity index (χ2v) is 9.10. The fourth-order valence-electron chi connectivity index (χ4n) is 5.02. The Hall–Kier alpha value is -3.81. The van der Waals surface area contributed by atoms with Crippen molar-refractivity contribution in [3.05, 3.63) is 71.6 Å². The Labute approximate surface area is 203 Å². The number of benzene rings is 2. The SMILES string of the molecule is COc1ccc2c(c1)NC(=O)[C@@H]2CC(=O)N1CCC[C@@H](c2nc(C)ncc2-c2ccc(F)cc2)C1. The van der Waals surface area contributed by atoms with E-state index < -0.39 is 5.92 Å². The van der Waals surface area contributed by atoms with Crippen LogP contribution < -0.4 is 10.1 Å². The number of nitrogens with one attached hydrogen (secondary N) is 1. The largest absolute Gasteiger partial charge is 0.497 e. The van der Waals surface area contributed by atoms with Crippen LogP contribution in [-0.4, -0.2) is 46.9 Å². The molecular weight excluding hydrogens is 447 g/mol. The number of aromatic nitrogens is 2. The van der Waals surface area contributed by atoms with Gasteiger partial charge < -0.3 is 15.0 Å². The fourth-order valence-corrected chi connectivity index (χ4v) is 5.02. The molecule has 2 atom stereocenters. The van der Waals surface area contributed by atoms with Crippen LogP contribution in [0.4, 0.5) is 10.1 Å². The third kappa shape index (κ3) is 4.60. The number of hydrogen-bond acceptors (Lipinski definition) is 5. The van der Waals surface area contributed by atoms with Crippen LogP contribution in [0.2, 0.25) is 0 Å². The van der Waals surface area contributed by atoms with E-state index in [2.05, 4.69) is 10.3 Å². The lowest BCUT2D eigenvalue weighted by Crippen LogP contribution is -2.40. The molecule has 2 aliphatic heterocycles. The van der Waals surface area contributed by atoms with Crippen LogP contribution >= 0.6 is 0 Å². The normalized spacial score (nSPS) is 19.3. The van der Waals surface area contributed by atoms with Gasteiger partial charge in [0.2, 0.25) is 11.8 Å². The summed E-state index contributed by atoms with van der Waals surface area (Å²) < 4.78 is 18.7. The van der Waals surface area contributed by atoms with Gasteiger partial charge in [0, 0.05) is 48.9 Å². The molecule has 1 aromatic heterocycles. The minimum absolute atomic E-state index is 0.0309. The van der Waals surface area contributed by atoms with Crippen LogP contribution in [0, 0.1) is 12.7 Å². The minimum atomic E-state index is -0.514. The topological polar surface area (TPSA) is 84.4 Å². The number of methoxy groups -OCH3 is 1. The molecule has 2 aliphatic rings. The third-order valence-electron chi connectivity index (χ3n) is 6.84. The summed E-state index contributed by atoms with van der Waals surface area (Å²) in [6.45, 7) is 3.01. The molecule has 0 aliphatic carbocycles. The standard InChI is InChI=1S/C27H27FN4O3/c1-16-29-14-23(17-5-7-19(28)8-6-17)26(30-16)18-4-3-11-32(15-18)25(33)13-22-21-10-9-20(35-2)12-24(21)31-27(22)34/h5-10,12,14,18,22H,3-4,11,13,15H2,1-2H3,(H,31,34)/t18-,22-/m1/s1. The zero-order valence-electron chi connectivity index (χ0n) is 19.8. The monoisotopic (exact) mass is 474 g/mol. The van der Waals surface area contributed by atoms with Crippen molar-refractivity contribution >= 4 is 17.5 Å². The van der Waals surface area contributed by atoms with Crippen molar-refractivity contribution in [1.82, 2.24) is 14.9 Å². The first-order chi connectivity index (χ1) is 16.9. The Bertz CT molecular complexity index is 1280. The lowest BCUT2D eigenvalue weighted by molar-refractivity contribution is -0.134. The second kappa shape index (κ2) is 9.44. The number of anilines is 1. The fraction of sp³-hybridized carbons (Fsp3) is 0.333. The summed E-state index contributed by atoms with van der Waals surface area (Å²) in [5.41, 5.74) is 4.09. The number of piperidine rings is 1. The lowest BCUT2D eigenvalue weighted by atomic mass is 9.89. The number of rotatable bonds is 5. The van der Waals surface area contributed by atoms with Crippen LogP contribution in [0.25, 0.3) is 11.1 Å². The van der Waals surface area contributed by atoms with E-state index in [1.54, 1.807) is 31.5 Å². The van der Waals surface area contributed by atoms with Crippen molar-refractivity contribution in [2.75, 3.05) is 25.5 Å². The summed E-state index contributed by atoms with van der Waals surface area (Å²) in [7, 11) is 1.58. The van der Waals surface area contributed by atoms with E-state index in [1.165, 1.54) is 12.1 Å². The van der Waals surface area contributed by atoms with E-state index >= 15 is 0 Å². The zero-order valence-corrected chi connectivity index (χ0v) is 19.8. The Balaban J connectivity index is 1.35. The van der Waals surface area contributed by atoms with Crippen molar-refractivity contribution in [2.45, 2.75) is 38.0 Å². The molecule has 3 heterocycles. The van der Waals surface area contributed by atoms with Crippen molar-refractivity contribution in [3.8, 4) is 16.9 Å². The molecule has 0 unspecified atom stereocenters. The van der Waals surface area contributed by atoms with Crippen LogP contribution in [-0.2, 0) is 9.59 Å². The highest BCUT2D eigenvalue weighted by atomic mass is 19.1. The summed E-state index contributed by atoms with van der Waals surface area (Å²) in [4.78, 5) is 36.9. The molecule has 5 rings (SSSR count). The molecule has 1 fully saturated rings. The van der Waals surface area contributed by atoms with Crippen LogP contribution in [0.3, 0.4) is 0 Å². The number of nitrogens with zero attached hydrogens (tertiary/aromatic N) is 3. The number of aryl methyl sites for hydroxylation is 1. The maximum Gasteiger partial charge on any atom is 0.232 e. The Morgan fingerprint density at radius 1 is 1.23 bits per heavy atom. The van der Waals surface area contributed by atoms with Gasteiger partial charge in [-0.15, -0.1) is 0 Å². The molecule has 180 valence electrons. The number of hydrogen-bond donors (Lipinski definition) is 1. The smallest absolute Gasteiger partial charge is 0.232 e. The molecule has 0 saturated carbocycles. The molecule has 2 amide bonds. The molecule has 35 heavy (non-hydrogen) atoms. The van der Waals surface area contributed by atoms with Gasteiger partial charge in [0.05, 0.1) is 18.7 Å². The Morgan fingerprint density at radius 2 is 2.03 bits per heavy atom. The predicted molar refractivity (Wildman–Crippen MR) is 130 cm³/mol. The van der Waals surface area contributed by atoms with Crippen molar-refractivity contribution in [3.63, 3.8) is 0 Å². The Morgan fingerprint density at radius 3 is 2.80 bits per heavy atom. The van der Waals surface area contributed by atoms with E-state index in [0.29, 0.717) is 30.4 Å².